The number of hydrogen-bond donors (Lipinski definition) is 1. The van der Waals surface area contributed by atoms with E-state index in [2.05, 4.69) is 10.2 Å². The number of aromatic nitrogens is 2. The highest BCUT2D eigenvalue weighted by Crippen LogP contribution is 2.25. The van der Waals surface area contributed by atoms with Gasteiger partial charge in [-0.15, -0.1) is 5.10 Å². The lowest BCUT2D eigenvalue weighted by molar-refractivity contribution is 0.0224. The summed E-state index contributed by atoms with van der Waals surface area (Å²) in [5.41, 5.74) is 1.60. The third-order valence-corrected chi connectivity index (χ3v) is 3.47. The van der Waals surface area contributed by atoms with Gasteiger partial charge in [0.25, 0.3) is 0 Å². The number of aryl methyl sites for hydroxylation is 1. The fourth-order valence-corrected chi connectivity index (χ4v) is 2.41. The Kier molecular flexibility index (Phi) is 4.89. The highest BCUT2D eigenvalue weighted by atomic mass is 16.5. The lowest BCUT2D eigenvalue weighted by Crippen LogP contribution is -2.27. The fraction of sp³-hybridized carbons (Fsp3) is 0.643. The van der Waals surface area contributed by atoms with Gasteiger partial charge in [0, 0.05) is 12.8 Å². The molecule has 0 radical (unpaired) electrons. The number of carbonyl (C=O) groups is 1. The highest BCUT2D eigenvalue weighted by molar-refractivity contribution is 5.92. The maximum Gasteiger partial charge on any atom is 0.341 e. The minimum Gasteiger partial charge on any atom is -0.477 e. The molecule has 0 bridgehead atoms. The van der Waals surface area contributed by atoms with Crippen LogP contribution in [0.15, 0.2) is 0 Å². The molecule has 1 fully saturated rings. The molecule has 1 aliphatic heterocycles. The molecule has 20 heavy (non-hydrogen) atoms. The minimum atomic E-state index is -1.01. The van der Waals surface area contributed by atoms with Crippen LogP contribution in [0.2, 0.25) is 0 Å². The van der Waals surface area contributed by atoms with Gasteiger partial charge in [0.15, 0.2) is 0 Å². The van der Waals surface area contributed by atoms with Crippen LogP contribution in [0.5, 0.6) is 5.88 Å². The maximum absolute atomic E-state index is 11.5. The molecule has 110 valence electrons. The first-order valence-corrected chi connectivity index (χ1v) is 7.03. The van der Waals surface area contributed by atoms with E-state index in [9.17, 15) is 9.90 Å². The van der Waals surface area contributed by atoms with Crippen molar-refractivity contribution in [3.05, 3.63) is 16.8 Å². The van der Waals surface area contributed by atoms with Crippen LogP contribution in [0.1, 0.15) is 48.3 Å². The Morgan fingerprint density at radius 2 is 2.00 bits per heavy atom. The maximum atomic E-state index is 11.5. The van der Waals surface area contributed by atoms with Crippen LogP contribution in [0.25, 0.3) is 0 Å². The van der Waals surface area contributed by atoms with Gasteiger partial charge in [-0.1, -0.05) is 13.8 Å². The molecule has 0 aromatic carbocycles. The molecule has 1 saturated heterocycles. The molecule has 0 spiro atoms. The summed E-state index contributed by atoms with van der Waals surface area (Å²) >= 11 is 0. The summed E-state index contributed by atoms with van der Waals surface area (Å²) in [6.07, 6.45) is 2.71. The van der Waals surface area contributed by atoms with Gasteiger partial charge in [0.2, 0.25) is 5.88 Å². The van der Waals surface area contributed by atoms with E-state index in [0.29, 0.717) is 26.1 Å². The third-order valence-electron chi connectivity index (χ3n) is 3.47. The van der Waals surface area contributed by atoms with Crippen molar-refractivity contribution in [3.63, 3.8) is 0 Å². The Bertz CT molecular complexity index is 484. The van der Waals surface area contributed by atoms with Crippen molar-refractivity contribution in [2.24, 2.45) is 0 Å². The molecule has 6 nitrogen and oxygen atoms in total. The van der Waals surface area contributed by atoms with E-state index in [4.69, 9.17) is 9.47 Å². The lowest BCUT2D eigenvalue weighted by Gasteiger charge is -2.23. The normalized spacial score (nSPS) is 16.1. The number of hydrogen-bond acceptors (Lipinski definition) is 5. The minimum absolute atomic E-state index is 0.0478. The SMILES string of the molecule is CCc1nnc(OC2CCOCC2)c(C(=O)O)c1CC. The van der Waals surface area contributed by atoms with Crippen LogP contribution in [-0.2, 0) is 17.6 Å². The monoisotopic (exact) mass is 280 g/mol. The Balaban J connectivity index is 2.33. The molecule has 0 aliphatic carbocycles. The third kappa shape index (κ3) is 3.07. The van der Waals surface area contributed by atoms with Crippen LogP contribution in [0, 0.1) is 0 Å². The van der Waals surface area contributed by atoms with Crippen molar-refractivity contribution < 1.29 is 19.4 Å². The summed E-state index contributed by atoms with van der Waals surface area (Å²) < 4.78 is 11.0. The van der Waals surface area contributed by atoms with Gasteiger partial charge in [-0.05, 0) is 18.4 Å². The summed E-state index contributed by atoms with van der Waals surface area (Å²) in [4.78, 5) is 11.5. The average Bonchev–Trinajstić information content (AvgIpc) is 2.47. The van der Waals surface area contributed by atoms with E-state index in [1.54, 1.807) is 0 Å². The van der Waals surface area contributed by atoms with E-state index < -0.39 is 5.97 Å². The first kappa shape index (κ1) is 14.7. The van der Waals surface area contributed by atoms with Crippen molar-refractivity contribution in [3.8, 4) is 5.88 Å². The molecule has 0 saturated carbocycles. The topological polar surface area (TPSA) is 81.5 Å². The number of carboxylic acid groups (broad SMARTS) is 1. The predicted molar refractivity (Wildman–Crippen MR) is 72.2 cm³/mol. The predicted octanol–water partition coefficient (Wildman–Crippen LogP) is 1.86. The molecule has 0 atom stereocenters. The molecule has 2 heterocycles. The summed E-state index contributed by atoms with van der Waals surface area (Å²) in [7, 11) is 0. The Hall–Kier alpha value is -1.69. The second-order valence-electron chi connectivity index (χ2n) is 4.75. The van der Waals surface area contributed by atoms with E-state index in [0.717, 1.165) is 24.1 Å². The fourth-order valence-electron chi connectivity index (χ4n) is 2.41. The highest BCUT2D eigenvalue weighted by Gasteiger charge is 2.24. The van der Waals surface area contributed by atoms with Crippen molar-refractivity contribution in [2.75, 3.05) is 13.2 Å². The van der Waals surface area contributed by atoms with E-state index in [1.165, 1.54) is 0 Å². The Morgan fingerprint density at radius 3 is 2.55 bits per heavy atom. The van der Waals surface area contributed by atoms with Gasteiger partial charge >= 0.3 is 5.97 Å². The zero-order chi connectivity index (χ0) is 14.5. The van der Waals surface area contributed by atoms with Gasteiger partial charge in [-0.2, -0.15) is 5.10 Å². The molecule has 2 rings (SSSR count). The number of carboxylic acids is 1. The number of nitrogens with zero attached hydrogens (tertiary/aromatic N) is 2. The van der Waals surface area contributed by atoms with Crippen LogP contribution in [-0.4, -0.2) is 40.6 Å². The second-order valence-corrected chi connectivity index (χ2v) is 4.75. The second kappa shape index (κ2) is 6.65. The summed E-state index contributed by atoms with van der Waals surface area (Å²) in [6, 6.07) is 0. The zero-order valence-corrected chi connectivity index (χ0v) is 11.9. The first-order valence-electron chi connectivity index (χ1n) is 7.03. The number of rotatable bonds is 5. The largest absolute Gasteiger partial charge is 0.477 e. The number of aromatic carboxylic acids is 1. The summed E-state index contributed by atoms with van der Waals surface area (Å²) in [5.74, 6) is -0.869. The molecule has 1 aliphatic rings. The molecule has 1 aromatic rings. The molecule has 1 aromatic heterocycles. The van der Waals surface area contributed by atoms with Crippen LogP contribution >= 0.6 is 0 Å². The van der Waals surface area contributed by atoms with E-state index in [1.807, 2.05) is 13.8 Å². The smallest absolute Gasteiger partial charge is 0.341 e. The van der Waals surface area contributed by atoms with Crippen molar-refractivity contribution in [2.45, 2.75) is 45.6 Å². The van der Waals surface area contributed by atoms with Crippen LogP contribution in [0.4, 0.5) is 0 Å². The molecule has 0 amide bonds. The van der Waals surface area contributed by atoms with Crippen LogP contribution < -0.4 is 4.74 Å². The van der Waals surface area contributed by atoms with Gasteiger partial charge in [0.1, 0.15) is 11.7 Å². The van der Waals surface area contributed by atoms with Gasteiger partial charge in [-0.3, -0.25) is 0 Å². The van der Waals surface area contributed by atoms with Crippen molar-refractivity contribution >= 4 is 5.97 Å². The first-order chi connectivity index (χ1) is 9.67. The van der Waals surface area contributed by atoms with E-state index in [-0.39, 0.29) is 17.5 Å². The Morgan fingerprint density at radius 1 is 1.30 bits per heavy atom. The molecule has 6 heteroatoms. The van der Waals surface area contributed by atoms with E-state index >= 15 is 0 Å². The molecule has 1 N–H and O–H groups in total. The van der Waals surface area contributed by atoms with Gasteiger partial charge in [-0.25, -0.2) is 4.79 Å². The van der Waals surface area contributed by atoms with Gasteiger partial charge in [0.05, 0.1) is 18.9 Å². The zero-order valence-electron chi connectivity index (χ0n) is 11.9. The Labute approximate surface area is 118 Å². The quantitative estimate of drug-likeness (QED) is 0.886. The molecule has 0 unspecified atom stereocenters. The van der Waals surface area contributed by atoms with Crippen LogP contribution in [0.3, 0.4) is 0 Å². The average molecular weight is 280 g/mol. The van der Waals surface area contributed by atoms with Crippen molar-refractivity contribution in [1.82, 2.24) is 10.2 Å². The lowest BCUT2D eigenvalue weighted by atomic mass is 10.0. The molecular weight excluding hydrogens is 260 g/mol. The number of ether oxygens (including phenoxy) is 2. The molecular formula is C14H20N2O4. The summed E-state index contributed by atoms with van der Waals surface area (Å²) in [6.45, 7) is 5.12. The standard InChI is InChI=1S/C14H20N2O4/c1-3-10-11(4-2)15-16-13(12(10)14(17)18)20-9-5-7-19-8-6-9/h9H,3-8H2,1-2H3,(H,17,18). The van der Waals surface area contributed by atoms with Gasteiger partial charge < -0.3 is 14.6 Å². The summed E-state index contributed by atoms with van der Waals surface area (Å²) in [5, 5.41) is 17.5. The van der Waals surface area contributed by atoms with Crippen molar-refractivity contribution in [1.29, 1.82) is 0 Å².